The second-order valence-electron chi connectivity index (χ2n) is 5.88. The van der Waals surface area contributed by atoms with Crippen LogP contribution in [0.3, 0.4) is 0 Å². The monoisotopic (exact) mass is 326 g/mol. The smallest absolute Gasteiger partial charge is 0.268 e. The number of imidazole rings is 1. The highest BCUT2D eigenvalue weighted by Gasteiger charge is 2.18. The number of aromatic nitrogens is 2. The van der Waals surface area contributed by atoms with Crippen LogP contribution in [-0.2, 0) is 19.5 Å². The minimum Gasteiger partial charge on any atom is -0.364 e. The van der Waals surface area contributed by atoms with Crippen LogP contribution in [0.2, 0.25) is 0 Å². The van der Waals surface area contributed by atoms with E-state index in [2.05, 4.69) is 44.8 Å². The van der Waals surface area contributed by atoms with Crippen LogP contribution in [-0.4, -0.2) is 33.4 Å². The summed E-state index contributed by atoms with van der Waals surface area (Å²) in [4.78, 5) is 19.4. The number of carbonyl (C=O) groups is 1. The fourth-order valence-electron chi connectivity index (χ4n) is 3.08. The summed E-state index contributed by atoms with van der Waals surface area (Å²) in [5, 5.41) is 1.32. The third kappa shape index (κ3) is 2.87. The van der Waals surface area contributed by atoms with Gasteiger partial charge in [-0.2, -0.15) is 0 Å². The number of fused-ring (bicyclic) bond motifs is 2. The van der Waals surface area contributed by atoms with Gasteiger partial charge in [0.15, 0.2) is 0 Å². The van der Waals surface area contributed by atoms with Crippen molar-refractivity contribution in [1.29, 1.82) is 0 Å². The van der Waals surface area contributed by atoms with E-state index in [0.29, 0.717) is 5.69 Å². The molecule has 0 aliphatic carbocycles. The zero-order chi connectivity index (χ0) is 15.8. The Kier molecular flexibility index (Phi) is 3.63. The normalized spacial score (nSPS) is 15.5. The second kappa shape index (κ2) is 5.79. The maximum atomic E-state index is 11.2. The highest BCUT2D eigenvalue weighted by atomic mass is 32.1. The number of nitrogens with two attached hydrogens (primary N) is 1. The highest BCUT2D eigenvalue weighted by Crippen LogP contribution is 2.26. The molecule has 3 heterocycles. The minimum atomic E-state index is -0.451. The van der Waals surface area contributed by atoms with Crippen molar-refractivity contribution >= 4 is 27.3 Å². The molecule has 118 valence electrons. The van der Waals surface area contributed by atoms with Gasteiger partial charge in [0.05, 0.1) is 0 Å². The summed E-state index contributed by atoms with van der Waals surface area (Å²) in [5.74, 6) is 0.505. The van der Waals surface area contributed by atoms with Crippen LogP contribution in [0.4, 0.5) is 0 Å². The number of nitrogens with zero attached hydrogens (tertiary/aromatic N) is 3. The quantitative estimate of drug-likeness (QED) is 0.803. The Morgan fingerprint density at radius 3 is 2.96 bits per heavy atom. The van der Waals surface area contributed by atoms with Crippen molar-refractivity contribution in [3.63, 3.8) is 0 Å². The first kappa shape index (κ1) is 14.4. The molecule has 3 aromatic rings. The van der Waals surface area contributed by atoms with Crippen molar-refractivity contribution in [2.75, 3.05) is 13.1 Å². The highest BCUT2D eigenvalue weighted by molar-refractivity contribution is 7.19. The third-order valence-corrected chi connectivity index (χ3v) is 5.38. The Morgan fingerprint density at radius 2 is 2.13 bits per heavy atom. The van der Waals surface area contributed by atoms with Gasteiger partial charge in [0.2, 0.25) is 0 Å². The lowest BCUT2D eigenvalue weighted by Crippen LogP contribution is -2.26. The van der Waals surface area contributed by atoms with Crippen molar-refractivity contribution in [1.82, 2.24) is 14.5 Å². The molecular weight excluding hydrogens is 308 g/mol. The molecule has 1 aliphatic heterocycles. The summed E-state index contributed by atoms with van der Waals surface area (Å²) in [6.07, 6.45) is 2.62. The molecule has 5 nitrogen and oxygen atoms in total. The summed E-state index contributed by atoms with van der Waals surface area (Å²) in [6.45, 7) is 3.71. The number of thiophene rings is 1. The Labute approximate surface area is 138 Å². The van der Waals surface area contributed by atoms with Crippen molar-refractivity contribution < 1.29 is 4.79 Å². The van der Waals surface area contributed by atoms with Crippen LogP contribution < -0.4 is 5.73 Å². The first-order chi connectivity index (χ1) is 11.2. The van der Waals surface area contributed by atoms with Crippen molar-refractivity contribution in [2.45, 2.75) is 19.5 Å². The third-order valence-electron chi connectivity index (χ3n) is 4.28. The van der Waals surface area contributed by atoms with Crippen LogP contribution >= 0.6 is 11.3 Å². The molecule has 0 atom stereocenters. The lowest BCUT2D eigenvalue weighted by atomic mass is 10.2. The number of hydrogen-bond acceptors (Lipinski definition) is 4. The van der Waals surface area contributed by atoms with Gasteiger partial charge in [-0.05, 0) is 17.5 Å². The van der Waals surface area contributed by atoms with Crippen molar-refractivity contribution in [2.24, 2.45) is 5.73 Å². The Bertz CT molecular complexity index is 808. The van der Waals surface area contributed by atoms with Crippen LogP contribution in [0.25, 0.3) is 10.1 Å². The number of primary amides is 1. The summed E-state index contributed by atoms with van der Waals surface area (Å²) in [7, 11) is 0. The van der Waals surface area contributed by atoms with Gasteiger partial charge < -0.3 is 10.3 Å². The molecule has 0 saturated carbocycles. The maximum Gasteiger partial charge on any atom is 0.268 e. The molecule has 0 bridgehead atoms. The van der Waals surface area contributed by atoms with Gasteiger partial charge in [0.25, 0.3) is 5.91 Å². The van der Waals surface area contributed by atoms with Gasteiger partial charge in [0.1, 0.15) is 11.5 Å². The fourth-order valence-corrected chi connectivity index (χ4v) is 4.19. The Morgan fingerprint density at radius 1 is 1.26 bits per heavy atom. The predicted octanol–water partition coefficient (Wildman–Crippen LogP) is 2.25. The molecule has 0 unspecified atom stereocenters. The molecule has 4 rings (SSSR count). The Hall–Kier alpha value is -2.18. The molecule has 0 radical (unpaired) electrons. The topological polar surface area (TPSA) is 64.2 Å². The summed E-state index contributed by atoms with van der Waals surface area (Å²) >= 11 is 1.86. The van der Waals surface area contributed by atoms with Gasteiger partial charge in [-0.15, -0.1) is 11.3 Å². The number of benzene rings is 1. The molecule has 6 heteroatoms. The minimum absolute atomic E-state index is 0.373. The van der Waals surface area contributed by atoms with Crippen molar-refractivity contribution in [3.05, 3.63) is 52.9 Å². The van der Waals surface area contributed by atoms with E-state index in [1.807, 2.05) is 11.3 Å². The zero-order valence-electron chi connectivity index (χ0n) is 12.7. The number of rotatable bonds is 3. The van der Waals surface area contributed by atoms with Crippen LogP contribution in [0.15, 0.2) is 36.5 Å². The molecule has 0 saturated heterocycles. The lowest BCUT2D eigenvalue weighted by molar-refractivity contribution is 0.0995. The Balaban J connectivity index is 1.47. The molecule has 23 heavy (non-hydrogen) atoms. The van der Waals surface area contributed by atoms with E-state index < -0.39 is 5.91 Å². The second-order valence-corrected chi connectivity index (χ2v) is 7.05. The summed E-state index contributed by atoms with van der Waals surface area (Å²) < 4.78 is 3.40. The molecule has 0 fully saturated rings. The number of carbonyl (C=O) groups excluding carboxylic acids is 1. The van der Waals surface area contributed by atoms with Gasteiger partial charge in [-0.3, -0.25) is 9.69 Å². The average molecular weight is 326 g/mol. The fraction of sp³-hybridized carbons (Fsp3) is 0.294. The largest absolute Gasteiger partial charge is 0.364 e. The van der Waals surface area contributed by atoms with E-state index in [-0.39, 0.29) is 0 Å². The van der Waals surface area contributed by atoms with E-state index >= 15 is 0 Å². The molecule has 2 N–H and O–H groups in total. The molecule has 1 amide bonds. The van der Waals surface area contributed by atoms with Gasteiger partial charge in [-0.25, -0.2) is 4.98 Å². The average Bonchev–Trinajstić information content (AvgIpc) is 3.09. The van der Waals surface area contributed by atoms with Gasteiger partial charge in [-0.1, -0.05) is 18.2 Å². The number of amides is 1. The van der Waals surface area contributed by atoms with Gasteiger partial charge >= 0.3 is 0 Å². The van der Waals surface area contributed by atoms with E-state index in [1.165, 1.54) is 15.0 Å². The SMILES string of the molecule is NC(=O)c1cn2c(n1)CCN(Cc1cc3ccccc3s1)CC2. The van der Waals surface area contributed by atoms with E-state index in [0.717, 1.165) is 38.4 Å². The lowest BCUT2D eigenvalue weighted by Gasteiger charge is -2.18. The van der Waals surface area contributed by atoms with E-state index in [4.69, 9.17) is 5.73 Å². The van der Waals surface area contributed by atoms with E-state index in [9.17, 15) is 4.79 Å². The summed E-state index contributed by atoms with van der Waals surface area (Å²) in [5.41, 5.74) is 5.68. The molecule has 1 aliphatic rings. The maximum absolute atomic E-state index is 11.2. The van der Waals surface area contributed by atoms with Gasteiger partial charge in [0, 0.05) is 48.4 Å². The first-order valence-electron chi connectivity index (χ1n) is 7.75. The van der Waals surface area contributed by atoms with Crippen LogP contribution in [0.5, 0.6) is 0 Å². The number of hydrogen-bond donors (Lipinski definition) is 1. The zero-order valence-corrected chi connectivity index (χ0v) is 13.6. The molecule has 0 spiro atoms. The molecule has 1 aromatic carbocycles. The predicted molar refractivity (Wildman–Crippen MR) is 91.6 cm³/mol. The van der Waals surface area contributed by atoms with Crippen molar-refractivity contribution in [3.8, 4) is 0 Å². The summed E-state index contributed by atoms with van der Waals surface area (Å²) in [6, 6.07) is 10.8. The first-order valence-corrected chi connectivity index (χ1v) is 8.56. The van der Waals surface area contributed by atoms with Crippen LogP contribution in [0.1, 0.15) is 21.2 Å². The molecule has 2 aromatic heterocycles. The van der Waals surface area contributed by atoms with E-state index in [1.54, 1.807) is 6.20 Å². The molecular formula is C17H18N4OS. The standard InChI is InChI=1S/C17H18N4OS/c18-17(22)14-11-21-8-7-20(6-5-16(21)19-14)10-13-9-12-3-1-2-4-15(12)23-13/h1-4,9,11H,5-8,10H2,(H2,18,22). The van der Waals surface area contributed by atoms with Crippen LogP contribution in [0, 0.1) is 0 Å².